The minimum absolute atomic E-state index is 0.150. The fourth-order valence-electron chi connectivity index (χ4n) is 3.12. The number of hydrogen-bond donors (Lipinski definition) is 1. The molecule has 0 atom stereocenters. The van der Waals surface area contributed by atoms with E-state index < -0.39 is 0 Å². The molecule has 144 valence electrons. The molecule has 1 amide bonds. The van der Waals surface area contributed by atoms with Gasteiger partial charge in [0.2, 0.25) is 0 Å². The zero-order valence-electron chi connectivity index (χ0n) is 15.4. The van der Waals surface area contributed by atoms with Crippen LogP contribution in [0.4, 0.5) is 5.82 Å². The molecule has 5 rings (SSSR count). The summed E-state index contributed by atoms with van der Waals surface area (Å²) in [5.74, 6) is 2.77. The number of nitrogens with one attached hydrogen (secondary N) is 1. The van der Waals surface area contributed by atoms with Gasteiger partial charge in [0.25, 0.3) is 5.91 Å². The molecule has 2 aromatic heterocycles. The van der Waals surface area contributed by atoms with Crippen LogP contribution in [0.15, 0.2) is 66.9 Å². The number of amides is 1. The standard InChI is InChI=1S/C22H17N3OS3/c26-20(14-5-7-15(8-6-14)22-27-11-12-28-22)25-19-10-9-16(13-23-19)21-24-17-3-1-2-4-18(17)29-21/h1-10,13,22H,11-12H2,(H,23,25,26). The third-order valence-electron chi connectivity index (χ3n) is 4.61. The van der Waals surface area contributed by atoms with E-state index in [1.165, 1.54) is 17.1 Å². The van der Waals surface area contributed by atoms with Gasteiger partial charge in [0.15, 0.2) is 0 Å². The molecule has 0 radical (unpaired) electrons. The lowest BCUT2D eigenvalue weighted by Gasteiger charge is -2.09. The first-order valence-electron chi connectivity index (χ1n) is 9.23. The van der Waals surface area contributed by atoms with Gasteiger partial charge in [-0.15, -0.1) is 34.9 Å². The van der Waals surface area contributed by atoms with Crippen LogP contribution in [0, 0.1) is 0 Å². The second-order valence-corrected chi connectivity index (χ2v) is 10.3. The Hall–Kier alpha value is -2.35. The van der Waals surface area contributed by atoms with Crippen LogP contribution in [0.2, 0.25) is 0 Å². The van der Waals surface area contributed by atoms with Gasteiger partial charge in [0, 0.05) is 28.8 Å². The summed E-state index contributed by atoms with van der Waals surface area (Å²) in [6.07, 6.45) is 1.75. The number of carbonyl (C=O) groups is 1. The molecule has 1 fully saturated rings. The van der Waals surface area contributed by atoms with Crippen LogP contribution >= 0.6 is 34.9 Å². The first-order valence-corrected chi connectivity index (χ1v) is 12.1. The molecule has 0 unspecified atom stereocenters. The molecule has 0 bridgehead atoms. The van der Waals surface area contributed by atoms with Crippen molar-refractivity contribution in [3.8, 4) is 10.6 Å². The summed E-state index contributed by atoms with van der Waals surface area (Å²) in [7, 11) is 0. The Morgan fingerprint density at radius 2 is 1.76 bits per heavy atom. The summed E-state index contributed by atoms with van der Waals surface area (Å²) in [4.78, 5) is 21.6. The van der Waals surface area contributed by atoms with Crippen LogP contribution in [0.5, 0.6) is 0 Å². The second-order valence-electron chi connectivity index (χ2n) is 6.57. The van der Waals surface area contributed by atoms with Crippen LogP contribution in [-0.2, 0) is 0 Å². The Labute approximate surface area is 181 Å². The summed E-state index contributed by atoms with van der Waals surface area (Å²) < 4.78 is 1.64. The third kappa shape index (κ3) is 4.03. The number of nitrogens with zero attached hydrogens (tertiary/aromatic N) is 2. The highest BCUT2D eigenvalue weighted by Gasteiger charge is 2.18. The third-order valence-corrected chi connectivity index (χ3v) is 8.80. The zero-order valence-corrected chi connectivity index (χ0v) is 17.8. The maximum Gasteiger partial charge on any atom is 0.256 e. The predicted octanol–water partition coefficient (Wildman–Crippen LogP) is 6.09. The first-order chi connectivity index (χ1) is 14.3. The maximum atomic E-state index is 12.5. The lowest BCUT2D eigenvalue weighted by molar-refractivity contribution is 0.102. The highest BCUT2D eigenvalue weighted by atomic mass is 32.2. The topological polar surface area (TPSA) is 54.9 Å². The van der Waals surface area contributed by atoms with Gasteiger partial charge in [-0.3, -0.25) is 4.79 Å². The SMILES string of the molecule is O=C(Nc1ccc(-c2nc3ccccc3s2)cn1)c1ccc(C2SCCS2)cc1. The molecular formula is C22H17N3OS3. The van der Waals surface area contributed by atoms with Crippen LogP contribution in [0.3, 0.4) is 0 Å². The molecule has 29 heavy (non-hydrogen) atoms. The summed E-state index contributed by atoms with van der Waals surface area (Å²) in [6.45, 7) is 0. The molecule has 7 heteroatoms. The van der Waals surface area contributed by atoms with Crippen molar-refractivity contribution >= 4 is 56.8 Å². The summed E-state index contributed by atoms with van der Waals surface area (Å²) in [5.41, 5.74) is 3.84. The van der Waals surface area contributed by atoms with Gasteiger partial charge in [-0.1, -0.05) is 24.3 Å². The van der Waals surface area contributed by atoms with Crippen molar-refractivity contribution in [2.75, 3.05) is 16.8 Å². The largest absolute Gasteiger partial charge is 0.307 e. The van der Waals surface area contributed by atoms with Crippen molar-refractivity contribution in [3.05, 3.63) is 78.0 Å². The summed E-state index contributed by atoms with van der Waals surface area (Å²) in [6, 6.07) is 19.7. The van der Waals surface area contributed by atoms with E-state index >= 15 is 0 Å². The fourth-order valence-corrected chi connectivity index (χ4v) is 6.94. The molecule has 0 spiro atoms. The van der Waals surface area contributed by atoms with E-state index in [4.69, 9.17) is 0 Å². The first kappa shape index (κ1) is 18.7. The van der Waals surface area contributed by atoms with E-state index in [0.29, 0.717) is 16.0 Å². The van der Waals surface area contributed by atoms with Crippen molar-refractivity contribution in [2.24, 2.45) is 0 Å². The predicted molar refractivity (Wildman–Crippen MR) is 125 cm³/mol. The van der Waals surface area contributed by atoms with Crippen molar-refractivity contribution in [1.29, 1.82) is 0 Å². The number of thioether (sulfide) groups is 2. The average Bonchev–Trinajstić information content (AvgIpc) is 3.44. The van der Waals surface area contributed by atoms with Crippen LogP contribution in [0.25, 0.3) is 20.8 Å². The number of benzene rings is 2. The van der Waals surface area contributed by atoms with Crippen molar-refractivity contribution in [1.82, 2.24) is 9.97 Å². The van der Waals surface area contributed by atoms with Crippen LogP contribution in [0.1, 0.15) is 20.5 Å². The number of aromatic nitrogens is 2. The molecule has 2 aromatic carbocycles. The van der Waals surface area contributed by atoms with Gasteiger partial charge in [-0.05, 0) is 42.0 Å². The lowest BCUT2D eigenvalue weighted by Crippen LogP contribution is -2.12. The number of hydrogen-bond acceptors (Lipinski definition) is 6. The van der Waals surface area contributed by atoms with Gasteiger partial charge >= 0.3 is 0 Å². The van der Waals surface area contributed by atoms with E-state index in [1.807, 2.05) is 66.0 Å². The van der Waals surface area contributed by atoms with E-state index in [0.717, 1.165) is 20.8 Å². The highest BCUT2D eigenvalue weighted by Crippen LogP contribution is 2.45. The Bertz CT molecular complexity index is 1120. The number of anilines is 1. The molecule has 1 aliphatic heterocycles. The number of fused-ring (bicyclic) bond motifs is 1. The Morgan fingerprint density at radius 3 is 2.48 bits per heavy atom. The van der Waals surface area contributed by atoms with E-state index in [1.54, 1.807) is 17.5 Å². The molecule has 0 aliphatic carbocycles. The van der Waals surface area contributed by atoms with Crippen molar-refractivity contribution < 1.29 is 4.79 Å². The van der Waals surface area contributed by atoms with Gasteiger partial charge in [0.05, 0.1) is 14.8 Å². The maximum absolute atomic E-state index is 12.5. The van der Waals surface area contributed by atoms with Crippen molar-refractivity contribution in [2.45, 2.75) is 4.58 Å². The fraction of sp³-hybridized carbons (Fsp3) is 0.136. The van der Waals surface area contributed by atoms with Gasteiger partial charge in [-0.2, -0.15) is 0 Å². The quantitative estimate of drug-likeness (QED) is 0.420. The number of para-hydroxylation sites is 1. The number of carbonyl (C=O) groups excluding carboxylic acids is 1. The summed E-state index contributed by atoms with van der Waals surface area (Å²) >= 11 is 5.56. The lowest BCUT2D eigenvalue weighted by atomic mass is 10.1. The summed E-state index contributed by atoms with van der Waals surface area (Å²) in [5, 5.41) is 3.80. The molecule has 4 nitrogen and oxygen atoms in total. The average molecular weight is 436 g/mol. The number of pyridine rings is 1. The molecule has 4 aromatic rings. The minimum Gasteiger partial charge on any atom is -0.307 e. The molecular weight excluding hydrogens is 418 g/mol. The zero-order chi connectivity index (χ0) is 19.6. The molecule has 0 saturated carbocycles. The Balaban J connectivity index is 1.28. The van der Waals surface area contributed by atoms with Crippen LogP contribution in [-0.4, -0.2) is 27.4 Å². The van der Waals surface area contributed by atoms with Crippen LogP contribution < -0.4 is 5.32 Å². The molecule has 1 aliphatic rings. The monoisotopic (exact) mass is 435 g/mol. The minimum atomic E-state index is -0.150. The van der Waals surface area contributed by atoms with Crippen molar-refractivity contribution in [3.63, 3.8) is 0 Å². The van der Waals surface area contributed by atoms with E-state index in [-0.39, 0.29) is 5.91 Å². The number of rotatable bonds is 4. The Kier molecular flexibility index (Phi) is 5.26. The van der Waals surface area contributed by atoms with Gasteiger partial charge in [0.1, 0.15) is 10.8 Å². The highest BCUT2D eigenvalue weighted by molar-refractivity contribution is 8.19. The van der Waals surface area contributed by atoms with E-state index in [9.17, 15) is 4.79 Å². The van der Waals surface area contributed by atoms with E-state index in [2.05, 4.69) is 33.5 Å². The molecule has 1 N–H and O–H groups in total. The number of thiazole rings is 1. The normalized spacial score (nSPS) is 14.3. The smallest absolute Gasteiger partial charge is 0.256 e. The second kappa shape index (κ2) is 8.18. The molecule has 1 saturated heterocycles. The Morgan fingerprint density at radius 1 is 0.966 bits per heavy atom. The van der Waals surface area contributed by atoms with Gasteiger partial charge in [-0.25, -0.2) is 9.97 Å². The van der Waals surface area contributed by atoms with Gasteiger partial charge < -0.3 is 5.32 Å². The molecule has 3 heterocycles.